The van der Waals surface area contributed by atoms with Crippen molar-refractivity contribution in [1.29, 1.82) is 0 Å². The Morgan fingerprint density at radius 2 is 2.05 bits per heavy atom. The summed E-state index contributed by atoms with van der Waals surface area (Å²) in [5.74, 6) is 1.45. The second kappa shape index (κ2) is 5.93. The Morgan fingerprint density at radius 3 is 2.76 bits per heavy atom. The van der Waals surface area contributed by atoms with E-state index < -0.39 is 0 Å². The molecule has 3 aromatic rings. The van der Waals surface area contributed by atoms with Crippen LogP contribution in [-0.4, -0.2) is 10.3 Å². The van der Waals surface area contributed by atoms with Crippen LogP contribution in [0.1, 0.15) is 21.2 Å². The highest BCUT2D eigenvalue weighted by Gasteiger charge is 2.12. The molecule has 2 heterocycles. The Hall–Kier alpha value is -2.40. The van der Waals surface area contributed by atoms with Crippen molar-refractivity contribution in [3.05, 3.63) is 64.9 Å². The molecule has 21 heavy (non-hydrogen) atoms. The molecule has 0 fully saturated rings. The van der Waals surface area contributed by atoms with Crippen molar-refractivity contribution in [2.24, 2.45) is 0 Å². The van der Waals surface area contributed by atoms with Gasteiger partial charge in [-0.1, -0.05) is 30.3 Å². The fraction of sp³-hybridized carbons (Fsp3) is 0.125. The first-order valence-corrected chi connectivity index (χ1v) is 7.35. The molecule has 2 aromatic heterocycles. The third-order valence-electron chi connectivity index (χ3n) is 3.02. The van der Waals surface area contributed by atoms with E-state index in [4.69, 9.17) is 4.42 Å². The highest BCUT2D eigenvalue weighted by Crippen LogP contribution is 2.21. The number of benzene rings is 1. The maximum Gasteiger partial charge on any atom is 0.263 e. The van der Waals surface area contributed by atoms with E-state index in [1.165, 1.54) is 11.5 Å². The molecule has 0 saturated heterocycles. The van der Waals surface area contributed by atoms with Crippen LogP contribution < -0.4 is 5.32 Å². The van der Waals surface area contributed by atoms with E-state index in [0.29, 0.717) is 11.4 Å². The molecule has 0 bridgehead atoms. The number of aromatic nitrogens is 1. The summed E-state index contributed by atoms with van der Waals surface area (Å²) < 4.78 is 9.74. The fourth-order valence-electron chi connectivity index (χ4n) is 1.96. The van der Waals surface area contributed by atoms with Crippen LogP contribution in [0.15, 0.2) is 52.9 Å². The van der Waals surface area contributed by atoms with Crippen molar-refractivity contribution in [3.63, 3.8) is 0 Å². The van der Waals surface area contributed by atoms with Crippen LogP contribution in [0.5, 0.6) is 0 Å². The number of hydrogen-bond acceptors (Lipinski definition) is 4. The average Bonchev–Trinajstić information content (AvgIpc) is 3.15. The van der Waals surface area contributed by atoms with Gasteiger partial charge in [0.15, 0.2) is 0 Å². The molecule has 0 atom stereocenters. The average molecular weight is 298 g/mol. The molecule has 5 heteroatoms. The zero-order chi connectivity index (χ0) is 14.7. The van der Waals surface area contributed by atoms with Gasteiger partial charge in [-0.3, -0.25) is 4.79 Å². The molecule has 106 valence electrons. The van der Waals surface area contributed by atoms with Gasteiger partial charge >= 0.3 is 0 Å². The highest BCUT2D eigenvalue weighted by molar-refractivity contribution is 7.08. The molecule has 1 amide bonds. The number of nitrogens with zero attached hydrogens (tertiary/aromatic N) is 1. The first kappa shape index (κ1) is 13.6. The maximum absolute atomic E-state index is 12.1. The minimum atomic E-state index is -0.135. The van der Waals surface area contributed by atoms with E-state index in [2.05, 4.69) is 9.69 Å². The molecule has 0 aliphatic rings. The summed E-state index contributed by atoms with van der Waals surface area (Å²) in [6, 6.07) is 15.4. The number of carbonyl (C=O) groups is 1. The molecule has 0 unspecified atom stereocenters. The first-order valence-electron chi connectivity index (χ1n) is 6.58. The van der Waals surface area contributed by atoms with Crippen molar-refractivity contribution < 1.29 is 9.21 Å². The van der Waals surface area contributed by atoms with Gasteiger partial charge in [-0.25, -0.2) is 0 Å². The second-order valence-electron chi connectivity index (χ2n) is 4.64. The van der Waals surface area contributed by atoms with Crippen LogP contribution in [0.2, 0.25) is 0 Å². The third-order valence-corrected chi connectivity index (χ3v) is 3.81. The summed E-state index contributed by atoms with van der Waals surface area (Å²) in [6.45, 7) is 2.26. The normalized spacial score (nSPS) is 10.5. The predicted molar refractivity (Wildman–Crippen MR) is 82.2 cm³/mol. The van der Waals surface area contributed by atoms with Crippen molar-refractivity contribution >= 4 is 17.4 Å². The summed E-state index contributed by atoms with van der Waals surface area (Å²) in [5.41, 5.74) is 1.83. The van der Waals surface area contributed by atoms with Crippen molar-refractivity contribution in [2.75, 3.05) is 0 Å². The van der Waals surface area contributed by atoms with Gasteiger partial charge in [0.1, 0.15) is 16.4 Å². The van der Waals surface area contributed by atoms with E-state index in [9.17, 15) is 4.79 Å². The molecular formula is C16H14N2O2S. The lowest BCUT2D eigenvalue weighted by molar-refractivity contribution is 0.0952. The van der Waals surface area contributed by atoms with Crippen LogP contribution in [0.3, 0.4) is 0 Å². The van der Waals surface area contributed by atoms with Crippen molar-refractivity contribution in [3.8, 4) is 11.3 Å². The summed E-state index contributed by atoms with van der Waals surface area (Å²) in [7, 11) is 0. The standard InChI is InChI=1S/C16H14N2O2S/c1-11-7-8-13(20-11)10-17-16(19)15-9-14(18-21-15)12-5-3-2-4-6-12/h2-9H,10H2,1H3,(H,17,19). The summed E-state index contributed by atoms with van der Waals surface area (Å²) in [4.78, 5) is 12.7. The Bertz CT molecular complexity index is 746. The Balaban J connectivity index is 1.67. The first-order chi connectivity index (χ1) is 10.2. The Kier molecular flexibility index (Phi) is 3.83. The topological polar surface area (TPSA) is 55.1 Å². The van der Waals surface area contributed by atoms with E-state index >= 15 is 0 Å². The SMILES string of the molecule is Cc1ccc(CNC(=O)c2cc(-c3ccccc3)ns2)o1. The smallest absolute Gasteiger partial charge is 0.263 e. The van der Waals surface area contributed by atoms with Crippen LogP contribution in [0.25, 0.3) is 11.3 Å². The molecular weight excluding hydrogens is 284 g/mol. The lowest BCUT2D eigenvalue weighted by Crippen LogP contribution is -2.21. The fourth-order valence-corrected chi connectivity index (χ4v) is 2.64. The van der Waals surface area contributed by atoms with Crippen LogP contribution in [-0.2, 0) is 6.54 Å². The molecule has 3 rings (SSSR count). The summed E-state index contributed by atoms with van der Waals surface area (Å²) >= 11 is 1.20. The number of amides is 1. The quantitative estimate of drug-likeness (QED) is 0.800. The molecule has 0 aliphatic heterocycles. The van der Waals surface area contributed by atoms with Gasteiger partial charge < -0.3 is 9.73 Å². The van der Waals surface area contributed by atoms with E-state index in [1.54, 1.807) is 0 Å². The molecule has 0 spiro atoms. The maximum atomic E-state index is 12.1. The number of furan rings is 1. The van der Waals surface area contributed by atoms with E-state index in [-0.39, 0.29) is 5.91 Å². The van der Waals surface area contributed by atoms with Gasteiger partial charge in [-0.15, -0.1) is 0 Å². The van der Waals surface area contributed by atoms with Gasteiger partial charge in [0.05, 0.1) is 12.2 Å². The summed E-state index contributed by atoms with van der Waals surface area (Å²) in [6.07, 6.45) is 0. The number of rotatable bonds is 4. The van der Waals surface area contributed by atoms with Gasteiger partial charge in [0.2, 0.25) is 0 Å². The number of hydrogen-bond donors (Lipinski definition) is 1. The Morgan fingerprint density at radius 1 is 1.24 bits per heavy atom. The molecule has 4 nitrogen and oxygen atoms in total. The molecule has 0 aliphatic carbocycles. The van der Waals surface area contributed by atoms with Crippen molar-refractivity contribution in [2.45, 2.75) is 13.5 Å². The second-order valence-corrected chi connectivity index (χ2v) is 5.44. The number of aryl methyl sites for hydroxylation is 1. The monoisotopic (exact) mass is 298 g/mol. The molecule has 0 saturated carbocycles. The highest BCUT2D eigenvalue weighted by atomic mass is 32.1. The number of carbonyl (C=O) groups excluding carboxylic acids is 1. The van der Waals surface area contributed by atoms with Crippen LogP contribution in [0, 0.1) is 6.92 Å². The number of nitrogens with one attached hydrogen (secondary N) is 1. The van der Waals surface area contributed by atoms with Crippen molar-refractivity contribution in [1.82, 2.24) is 9.69 Å². The largest absolute Gasteiger partial charge is 0.465 e. The van der Waals surface area contributed by atoms with Gasteiger partial charge in [-0.05, 0) is 36.7 Å². The van der Waals surface area contributed by atoms with E-state index in [0.717, 1.165) is 22.8 Å². The predicted octanol–water partition coefficient (Wildman–Crippen LogP) is 3.64. The molecule has 1 aromatic carbocycles. The zero-order valence-corrected chi connectivity index (χ0v) is 12.3. The van der Waals surface area contributed by atoms with Gasteiger partial charge in [0.25, 0.3) is 5.91 Å². The zero-order valence-electron chi connectivity index (χ0n) is 11.5. The summed E-state index contributed by atoms with van der Waals surface area (Å²) in [5, 5.41) is 2.83. The lowest BCUT2D eigenvalue weighted by Gasteiger charge is -1.99. The third kappa shape index (κ3) is 3.20. The molecule has 1 N–H and O–H groups in total. The molecule has 0 radical (unpaired) electrons. The van der Waals surface area contributed by atoms with Crippen LogP contribution in [0.4, 0.5) is 0 Å². The minimum Gasteiger partial charge on any atom is -0.465 e. The van der Waals surface area contributed by atoms with Gasteiger partial charge in [0, 0.05) is 5.56 Å². The van der Waals surface area contributed by atoms with E-state index in [1.807, 2.05) is 55.5 Å². The van der Waals surface area contributed by atoms with Crippen LogP contribution >= 0.6 is 11.5 Å². The minimum absolute atomic E-state index is 0.135. The van der Waals surface area contributed by atoms with Gasteiger partial charge in [-0.2, -0.15) is 4.37 Å². The lowest BCUT2D eigenvalue weighted by atomic mass is 10.1. The Labute approximate surface area is 126 Å².